The minimum absolute atomic E-state index is 0.0380. The van der Waals surface area contributed by atoms with E-state index in [2.05, 4.69) is 49.2 Å². The Hall–Kier alpha value is -3.58. The fourth-order valence-electron chi connectivity index (χ4n) is 5.74. The Morgan fingerprint density at radius 1 is 1.10 bits per heavy atom. The standard InChI is InChI=1S/C32H37NO6/c1-5-36-31(34)16-22-19-38-29-17-30(33-18-27(22)29)39-28-11-10-24-25(28)8-6-9-26(24)32-20(2)14-23(15-21(32)3)37-13-7-12-35-4/h6,8-9,14-15,17-18,22,28H,5,7,10-13,16,19H2,1-4H3/t22-,28?/m1/s1. The summed E-state index contributed by atoms with van der Waals surface area (Å²) in [6.07, 6.45) is 4.68. The van der Waals surface area contributed by atoms with Crippen LogP contribution in [-0.4, -0.2) is 44.5 Å². The number of aryl methyl sites for hydroxylation is 2. The van der Waals surface area contributed by atoms with Crippen LogP contribution in [0.2, 0.25) is 0 Å². The van der Waals surface area contributed by atoms with Crippen LogP contribution < -0.4 is 14.2 Å². The Labute approximate surface area is 230 Å². The summed E-state index contributed by atoms with van der Waals surface area (Å²) in [7, 11) is 1.71. The third kappa shape index (κ3) is 5.88. The molecule has 1 unspecified atom stereocenters. The fraction of sp³-hybridized carbons (Fsp3) is 0.438. The molecule has 0 spiro atoms. The molecule has 39 heavy (non-hydrogen) atoms. The predicted octanol–water partition coefficient (Wildman–Crippen LogP) is 6.28. The van der Waals surface area contributed by atoms with Gasteiger partial charge in [-0.2, -0.15) is 0 Å². The number of nitrogens with zero attached hydrogens (tertiary/aromatic N) is 1. The summed E-state index contributed by atoms with van der Waals surface area (Å²) in [5.41, 5.74) is 8.37. The first-order chi connectivity index (χ1) is 19.0. The van der Waals surface area contributed by atoms with Crippen molar-refractivity contribution >= 4 is 5.97 Å². The first-order valence-electron chi connectivity index (χ1n) is 13.8. The number of carbonyl (C=O) groups is 1. The number of pyridine rings is 1. The highest BCUT2D eigenvalue weighted by atomic mass is 16.5. The van der Waals surface area contributed by atoms with Crippen molar-refractivity contribution in [1.82, 2.24) is 4.98 Å². The van der Waals surface area contributed by atoms with Crippen molar-refractivity contribution in [2.24, 2.45) is 0 Å². The Morgan fingerprint density at radius 3 is 2.69 bits per heavy atom. The largest absolute Gasteiger partial charge is 0.493 e. The monoisotopic (exact) mass is 531 g/mol. The topological polar surface area (TPSA) is 76.1 Å². The highest BCUT2D eigenvalue weighted by Crippen LogP contribution is 2.43. The second-order valence-corrected chi connectivity index (χ2v) is 10.2. The molecule has 2 aromatic carbocycles. The zero-order chi connectivity index (χ0) is 27.4. The lowest BCUT2D eigenvalue weighted by Crippen LogP contribution is -2.11. The summed E-state index contributed by atoms with van der Waals surface area (Å²) < 4.78 is 28.5. The number of fused-ring (bicyclic) bond motifs is 2. The Bertz CT molecular complexity index is 1310. The molecule has 7 heteroatoms. The smallest absolute Gasteiger partial charge is 0.306 e. The first kappa shape index (κ1) is 27.0. The van der Waals surface area contributed by atoms with E-state index in [1.54, 1.807) is 13.3 Å². The fourth-order valence-corrected chi connectivity index (χ4v) is 5.74. The zero-order valence-electron chi connectivity index (χ0n) is 23.2. The maximum absolute atomic E-state index is 11.9. The van der Waals surface area contributed by atoms with Crippen LogP contribution >= 0.6 is 0 Å². The van der Waals surface area contributed by atoms with E-state index >= 15 is 0 Å². The minimum atomic E-state index is -0.215. The molecule has 0 fully saturated rings. The molecule has 0 bridgehead atoms. The maximum Gasteiger partial charge on any atom is 0.306 e. The zero-order valence-corrected chi connectivity index (χ0v) is 23.2. The maximum atomic E-state index is 11.9. The molecule has 5 rings (SSSR count). The van der Waals surface area contributed by atoms with E-state index in [0.717, 1.165) is 36.3 Å². The van der Waals surface area contributed by atoms with E-state index < -0.39 is 0 Å². The van der Waals surface area contributed by atoms with E-state index in [1.165, 1.54) is 33.4 Å². The van der Waals surface area contributed by atoms with Crippen molar-refractivity contribution in [2.75, 3.05) is 33.5 Å². The molecule has 3 aromatic rings. The molecule has 1 aliphatic heterocycles. The molecule has 206 valence electrons. The number of hydrogen-bond acceptors (Lipinski definition) is 7. The lowest BCUT2D eigenvalue weighted by Gasteiger charge is -2.18. The Balaban J connectivity index is 1.32. The summed E-state index contributed by atoms with van der Waals surface area (Å²) in [6, 6.07) is 12.6. The van der Waals surface area contributed by atoms with Crippen LogP contribution in [0.15, 0.2) is 42.6 Å². The molecule has 1 aliphatic carbocycles. The van der Waals surface area contributed by atoms with Gasteiger partial charge in [0.2, 0.25) is 5.88 Å². The van der Waals surface area contributed by atoms with Gasteiger partial charge >= 0.3 is 5.97 Å². The Morgan fingerprint density at radius 2 is 1.92 bits per heavy atom. The molecule has 0 amide bonds. The number of methoxy groups -OCH3 is 1. The van der Waals surface area contributed by atoms with Gasteiger partial charge in [-0.05, 0) is 79.1 Å². The summed E-state index contributed by atoms with van der Waals surface area (Å²) in [5.74, 6) is 1.91. The summed E-state index contributed by atoms with van der Waals surface area (Å²) in [6.45, 7) is 8.27. The van der Waals surface area contributed by atoms with Gasteiger partial charge in [-0.15, -0.1) is 0 Å². The molecule has 0 radical (unpaired) electrons. The second-order valence-electron chi connectivity index (χ2n) is 10.2. The number of aromatic nitrogens is 1. The van der Waals surface area contributed by atoms with Gasteiger partial charge < -0.3 is 23.7 Å². The van der Waals surface area contributed by atoms with Crippen LogP contribution in [0, 0.1) is 13.8 Å². The van der Waals surface area contributed by atoms with Gasteiger partial charge in [0.05, 0.1) is 26.2 Å². The molecule has 0 saturated heterocycles. The molecule has 0 N–H and O–H groups in total. The predicted molar refractivity (Wildman–Crippen MR) is 149 cm³/mol. The normalized spacial score (nSPS) is 17.3. The van der Waals surface area contributed by atoms with Crippen LogP contribution in [0.1, 0.15) is 66.0 Å². The SMILES string of the molecule is CCOC(=O)C[C@@H]1COc2cc(OC3CCc4c(-c5c(C)cc(OCCCOC)cc5C)cccc43)ncc21. The minimum Gasteiger partial charge on any atom is -0.493 e. The van der Waals surface area contributed by atoms with Gasteiger partial charge in [0, 0.05) is 43.9 Å². The first-order valence-corrected chi connectivity index (χ1v) is 13.8. The van der Waals surface area contributed by atoms with Crippen LogP contribution in [0.4, 0.5) is 0 Å². The summed E-state index contributed by atoms with van der Waals surface area (Å²) >= 11 is 0. The van der Waals surface area contributed by atoms with Crippen LogP contribution in [-0.2, 0) is 20.7 Å². The lowest BCUT2D eigenvalue weighted by molar-refractivity contribution is -0.143. The van der Waals surface area contributed by atoms with Gasteiger partial charge in [0.1, 0.15) is 17.6 Å². The number of ether oxygens (including phenoxy) is 5. The molecule has 7 nitrogen and oxygen atoms in total. The highest BCUT2D eigenvalue weighted by molar-refractivity contribution is 5.76. The molecule has 2 aliphatic rings. The van der Waals surface area contributed by atoms with Crippen LogP contribution in [0.3, 0.4) is 0 Å². The van der Waals surface area contributed by atoms with Crippen molar-refractivity contribution < 1.29 is 28.5 Å². The van der Waals surface area contributed by atoms with E-state index in [4.69, 9.17) is 23.7 Å². The average molecular weight is 532 g/mol. The van der Waals surface area contributed by atoms with Gasteiger partial charge in [-0.3, -0.25) is 4.79 Å². The quantitative estimate of drug-likeness (QED) is 0.213. The van der Waals surface area contributed by atoms with Crippen molar-refractivity contribution in [3.05, 3.63) is 70.4 Å². The molecule has 2 heterocycles. The molecule has 1 aromatic heterocycles. The molecule has 0 saturated carbocycles. The Kier molecular flexibility index (Phi) is 8.36. The van der Waals surface area contributed by atoms with Gasteiger partial charge in [0.25, 0.3) is 0 Å². The average Bonchev–Trinajstić information content (AvgIpc) is 3.51. The molecular formula is C32H37NO6. The number of carbonyl (C=O) groups excluding carboxylic acids is 1. The summed E-state index contributed by atoms with van der Waals surface area (Å²) in [5, 5.41) is 0. The number of benzene rings is 2. The highest BCUT2D eigenvalue weighted by Gasteiger charge is 2.31. The van der Waals surface area contributed by atoms with Crippen molar-refractivity contribution in [2.45, 2.75) is 58.5 Å². The van der Waals surface area contributed by atoms with E-state index in [0.29, 0.717) is 38.7 Å². The van der Waals surface area contributed by atoms with E-state index in [9.17, 15) is 4.79 Å². The molecule has 2 atom stereocenters. The van der Waals surface area contributed by atoms with Crippen molar-refractivity contribution in [3.63, 3.8) is 0 Å². The van der Waals surface area contributed by atoms with Crippen LogP contribution in [0.5, 0.6) is 17.4 Å². The van der Waals surface area contributed by atoms with Gasteiger partial charge in [-0.1, -0.05) is 18.2 Å². The van der Waals surface area contributed by atoms with Crippen molar-refractivity contribution in [1.29, 1.82) is 0 Å². The molecular weight excluding hydrogens is 494 g/mol. The second kappa shape index (κ2) is 12.1. The lowest BCUT2D eigenvalue weighted by atomic mass is 9.90. The number of hydrogen-bond donors (Lipinski definition) is 0. The number of esters is 1. The summed E-state index contributed by atoms with van der Waals surface area (Å²) in [4.78, 5) is 16.5. The third-order valence-electron chi connectivity index (χ3n) is 7.48. The van der Waals surface area contributed by atoms with Gasteiger partial charge in [0.15, 0.2) is 0 Å². The van der Waals surface area contributed by atoms with E-state index in [1.807, 2.05) is 13.0 Å². The van der Waals surface area contributed by atoms with Crippen LogP contribution in [0.25, 0.3) is 11.1 Å². The van der Waals surface area contributed by atoms with Gasteiger partial charge in [-0.25, -0.2) is 4.98 Å². The number of rotatable bonds is 11. The van der Waals surface area contributed by atoms with Crippen molar-refractivity contribution in [3.8, 4) is 28.5 Å². The van der Waals surface area contributed by atoms with E-state index in [-0.39, 0.29) is 18.0 Å². The third-order valence-corrected chi connectivity index (χ3v) is 7.48.